The Morgan fingerprint density at radius 3 is 2.56 bits per heavy atom. The molecule has 0 bridgehead atoms. The number of pyridine rings is 1. The van der Waals surface area contributed by atoms with Crippen LogP contribution < -0.4 is 10.7 Å². The van der Waals surface area contributed by atoms with Crippen LogP contribution >= 0.6 is 11.6 Å². The first-order valence-corrected chi connectivity index (χ1v) is 5.15. The first-order chi connectivity index (χ1) is 7.66. The fourth-order valence-electron chi connectivity index (χ4n) is 1.43. The Labute approximate surface area is 97.5 Å². The summed E-state index contributed by atoms with van der Waals surface area (Å²) in [6, 6.07) is 9.99. The molecule has 0 aliphatic rings. The van der Waals surface area contributed by atoms with Gasteiger partial charge in [-0.25, -0.2) is 0 Å². The van der Waals surface area contributed by atoms with E-state index in [0.717, 1.165) is 5.56 Å². The largest absolute Gasteiger partial charge is 0.869 e. The van der Waals surface area contributed by atoms with Crippen LogP contribution in [0, 0.1) is 0 Å². The molecular weight excluding hydrogens is 226 g/mol. The first kappa shape index (κ1) is 10.8. The van der Waals surface area contributed by atoms with Gasteiger partial charge in [0.05, 0.1) is 6.54 Å². The van der Waals surface area contributed by atoms with Gasteiger partial charge < -0.3 is 9.67 Å². The number of hydrogen-bond acceptors (Lipinski definition) is 2. The molecule has 3 nitrogen and oxygen atoms in total. The summed E-state index contributed by atoms with van der Waals surface area (Å²) < 4.78 is 1.38. The third kappa shape index (κ3) is 2.25. The van der Waals surface area contributed by atoms with E-state index in [4.69, 9.17) is 11.6 Å². The van der Waals surface area contributed by atoms with E-state index in [-0.39, 0.29) is 0 Å². The van der Waals surface area contributed by atoms with Crippen molar-refractivity contribution < 1.29 is 5.11 Å². The highest BCUT2D eigenvalue weighted by Crippen LogP contribution is 2.10. The van der Waals surface area contributed by atoms with Crippen molar-refractivity contribution in [1.29, 1.82) is 0 Å². The fraction of sp³-hybridized carbons (Fsp3) is 0.0833. The van der Waals surface area contributed by atoms with Gasteiger partial charge in [0.2, 0.25) is 5.56 Å². The van der Waals surface area contributed by atoms with Crippen LogP contribution in [0.3, 0.4) is 0 Å². The molecule has 1 heterocycles. The fourth-order valence-corrected chi connectivity index (χ4v) is 1.55. The van der Waals surface area contributed by atoms with Crippen LogP contribution in [-0.2, 0) is 6.54 Å². The molecule has 1 aromatic heterocycles. The van der Waals surface area contributed by atoms with Crippen molar-refractivity contribution >= 4 is 11.6 Å². The molecule has 16 heavy (non-hydrogen) atoms. The van der Waals surface area contributed by atoms with E-state index in [9.17, 15) is 9.90 Å². The summed E-state index contributed by atoms with van der Waals surface area (Å²) in [5.74, 6) is -0.489. The molecule has 0 fully saturated rings. The second kappa shape index (κ2) is 4.41. The highest BCUT2D eigenvalue weighted by Gasteiger charge is 1.97. The lowest BCUT2D eigenvalue weighted by atomic mass is 10.2. The second-order valence-electron chi connectivity index (χ2n) is 3.43. The van der Waals surface area contributed by atoms with Crippen molar-refractivity contribution in [2.45, 2.75) is 6.54 Å². The number of rotatable bonds is 2. The maximum atomic E-state index is 11.5. The lowest BCUT2D eigenvalue weighted by molar-refractivity contribution is -0.270. The van der Waals surface area contributed by atoms with E-state index in [1.165, 1.54) is 10.6 Å². The van der Waals surface area contributed by atoms with Crippen molar-refractivity contribution in [3.63, 3.8) is 0 Å². The maximum absolute atomic E-state index is 11.5. The Kier molecular flexibility index (Phi) is 2.97. The molecule has 2 aromatic rings. The van der Waals surface area contributed by atoms with Crippen molar-refractivity contribution in [3.05, 3.63) is 63.5 Å². The van der Waals surface area contributed by atoms with Gasteiger partial charge in [-0.05, 0) is 29.5 Å². The molecule has 0 unspecified atom stereocenters. The Morgan fingerprint density at radius 1 is 1.19 bits per heavy atom. The average molecular weight is 235 g/mol. The topological polar surface area (TPSA) is 45.1 Å². The van der Waals surface area contributed by atoms with E-state index in [1.54, 1.807) is 24.4 Å². The van der Waals surface area contributed by atoms with Gasteiger partial charge in [0.25, 0.3) is 0 Å². The Bertz CT molecular complexity index is 546. The SMILES string of the molecule is O=c1c([O-])cccn1Cc1ccc(Cl)cc1. The summed E-state index contributed by atoms with van der Waals surface area (Å²) >= 11 is 5.75. The molecule has 0 saturated heterocycles. The molecule has 0 radical (unpaired) electrons. The zero-order chi connectivity index (χ0) is 11.5. The Morgan fingerprint density at radius 2 is 1.88 bits per heavy atom. The summed E-state index contributed by atoms with van der Waals surface area (Å²) in [5.41, 5.74) is 0.426. The molecule has 82 valence electrons. The lowest BCUT2D eigenvalue weighted by Gasteiger charge is -2.10. The van der Waals surface area contributed by atoms with Crippen LogP contribution in [0.25, 0.3) is 0 Å². The molecule has 0 saturated carbocycles. The smallest absolute Gasteiger partial charge is 0.242 e. The first-order valence-electron chi connectivity index (χ1n) is 4.78. The molecular formula is C12H9ClNO2-. The van der Waals surface area contributed by atoms with Crippen LogP contribution in [-0.4, -0.2) is 4.57 Å². The zero-order valence-electron chi connectivity index (χ0n) is 8.39. The molecule has 0 atom stereocenters. The summed E-state index contributed by atoms with van der Waals surface area (Å²) in [6.45, 7) is 0.381. The van der Waals surface area contributed by atoms with E-state index >= 15 is 0 Å². The van der Waals surface area contributed by atoms with Crippen molar-refractivity contribution in [3.8, 4) is 5.75 Å². The molecule has 0 aliphatic carbocycles. The van der Waals surface area contributed by atoms with Gasteiger partial charge in [-0.1, -0.05) is 29.8 Å². The zero-order valence-corrected chi connectivity index (χ0v) is 9.15. The summed E-state index contributed by atoms with van der Waals surface area (Å²) in [7, 11) is 0. The molecule has 2 rings (SSSR count). The van der Waals surface area contributed by atoms with Gasteiger partial charge >= 0.3 is 0 Å². The summed E-state index contributed by atoms with van der Waals surface area (Å²) in [5, 5.41) is 11.8. The minimum atomic E-state index is -0.502. The van der Waals surface area contributed by atoms with E-state index in [0.29, 0.717) is 11.6 Å². The maximum Gasteiger partial charge on any atom is 0.242 e. The predicted molar refractivity (Wildman–Crippen MR) is 60.7 cm³/mol. The normalized spacial score (nSPS) is 10.3. The minimum Gasteiger partial charge on any atom is -0.869 e. The molecule has 0 N–H and O–H groups in total. The Balaban J connectivity index is 2.31. The number of aromatic nitrogens is 1. The van der Waals surface area contributed by atoms with E-state index in [1.807, 2.05) is 12.1 Å². The van der Waals surface area contributed by atoms with Crippen molar-refractivity contribution in [2.24, 2.45) is 0 Å². The van der Waals surface area contributed by atoms with Gasteiger partial charge in [0.1, 0.15) is 0 Å². The third-order valence-corrected chi connectivity index (χ3v) is 2.50. The van der Waals surface area contributed by atoms with Crippen LogP contribution in [0.5, 0.6) is 5.75 Å². The van der Waals surface area contributed by atoms with Crippen molar-refractivity contribution in [1.82, 2.24) is 4.57 Å². The van der Waals surface area contributed by atoms with Crippen LogP contribution in [0.2, 0.25) is 5.02 Å². The standard InChI is InChI=1S/C12H10ClNO2/c13-10-5-3-9(4-6-10)8-14-7-1-2-11(15)12(14)16/h1-7,15H,8H2/p-1. The number of halogens is 1. The molecule has 0 aliphatic heterocycles. The monoisotopic (exact) mass is 234 g/mol. The minimum absolute atomic E-state index is 0.381. The van der Waals surface area contributed by atoms with E-state index < -0.39 is 11.3 Å². The van der Waals surface area contributed by atoms with Gasteiger partial charge in [-0.2, -0.15) is 0 Å². The van der Waals surface area contributed by atoms with E-state index in [2.05, 4.69) is 0 Å². The molecule has 4 heteroatoms. The highest BCUT2D eigenvalue weighted by atomic mass is 35.5. The van der Waals surface area contributed by atoms with Crippen molar-refractivity contribution in [2.75, 3.05) is 0 Å². The van der Waals surface area contributed by atoms with Gasteiger partial charge in [-0.15, -0.1) is 0 Å². The predicted octanol–water partition coefficient (Wildman–Crippen LogP) is 1.62. The number of nitrogens with zero attached hydrogens (tertiary/aromatic N) is 1. The molecule has 0 spiro atoms. The molecule has 1 aromatic carbocycles. The van der Waals surface area contributed by atoms with Gasteiger partial charge in [0.15, 0.2) is 0 Å². The summed E-state index contributed by atoms with van der Waals surface area (Å²) in [6.07, 6.45) is 1.60. The van der Waals surface area contributed by atoms with Gasteiger partial charge in [-0.3, -0.25) is 4.79 Å². The second-order valence-corrected chi connectivity index (χ2v) is 3.87. The molecule has 0 amide bonds. The summed E-state index contributed by atoms with van der Waals surface area (Å²) in [4.78, 5) is 11.5. The van der Waals surface area contributed by atoms with Crippen LogP contribution in [0.1, 0.15) is 5.56 Å². The number of benzene rings is 1. The quantitative estimate of drug-likeness (QED) is 0.793. The third-order valence-electron chi connectivity index (χ3n) is 2.25. The van der Waals surface area contributed by atoms with Crippen LogP contribution in [0.15, 0.2) is 47.4 Å². The highest BCUT2D eigenvalue weighted by molar-refractivity contribution is 6.30. The van der Waals surface area contributed by atoms with Gasteiger partial charge in [0, 0.05) is 11.2 Å². The average Bonchev–Trinajstić information content (AvgIpc) is 2.28. The Hall–Kier alpha value is -1.74. The van der Waals surface area contributed by atoms with Crippen LogP contribution in [0.4, 0.5) is 0 Å². The number of hydrogen-bond donors (Lipinski definition) is 0. The lowest BCUT2D eigenvalue weighted by Crippen LogP contribution is -2.22.